The molecule has 146 valence electrons. The third-order valence-corrected chi connectivity index (χ3v) is 8.59. The lowest BCUT2D eigenvalue weighted by molar-refractivity contribution is -0.142. The number of nitrogens with one attached hydrogen (secondary N) is 1. The number of ether oxygens (including phenoxy) is 1. The van der Waals surface area contributed by atoms with E-state index in [0.29, 0.717) is 12.5 Å². The van der Waals surface area contributed by atoms with E-state index >= 15 is 0 Å². The summed E-state index contributed by atoms with van der Waals surface area (Å²) in [5.41, 5.74) is 1.14. The molecule has 3 aliphatic rings. The molecule has 1 aromatic rings. The molecule has 1 aromatic carbocycles. The first-order chi connectivity index (χ1) is 12.8. The minimum Gasteiger partial charge on any atom is -0.447 e. The van der Waals surface area contributed by atoms with E-state index in [1.54, 1.807) is 0 Å². The number of nitrogens with zero attached hydrogens (tertiary/aromatic N) is 1. The number of alkyl carbamates (subject to hydrolysis) is 1. The molecule has 1 spiro atoms. The van der Waals surface area contributed by atoms with Gasteiger partial charge in [0.1, 0.15) is 6.61 Å². The van der Waals surface area contributed by atoms with Crippen molar-refractivity contribution in [3.63, 3.8) is 0 Å². The van der Waals surface area contributed by atoms with E-state index < -0.39 is 8.07 Å². The number of hydrogen-bond acceptors (Lipinski definition) is 3. The quantitative estimate of drug-likeness (QED) is 0.813. The molecule has 5 nitrogen and oxygen atoms in total. The van der Waals surface area contributed by atoms with E-state index in [-0.39, 0.29) is 23.5 Å². The number of amides is 2. The van der Waals surface area contributed by atoms with Crippen molar-refractivity contribution in [2.24, 2.45) is 5.92 Å². The predicted octanol–water partition coefficient (Wildman–Crippen LogP) is 2.83. The van der Waals surface area contributed by atoms with E-state index in [2.05, 4.69) is 49.2 Å². The van der Waals surface area contributed by atoms with E-state index in [0.717, 1.165) is 38.8 Å². The van der Waals surface area contributed by atoms with E-state index in [9.17, 15) is 9.59 Å². The lowest BCUT2D eigenvalue weighted by atomic mass is 9.68. The summed E-state index contributed by atoms with van der Waals surface area (Å²) in [6.45, 7) is 9.21. The van der Waals surface area contributed by atoms with Crippen molar-refractivity contribution in [1.82, 2.24) is 10.2 Å². The summed E-state index contributed by atoms with van der Waals surface area (Å²) in [5.74, 6) is 0.855. The molecule has 1 saturated carbocycles. The fraction of sp³-hybridized carbons (Fsp3) is 0.619. The molecule has 4 rings (SSSR count). The van der Waals surface area contributed by atoms with Crippen LogP contribution in [0.2, 0.25) is 19.6 Å². The van der Waals surface area contributed by atoms with Gasteiger partial charge in [-0.1, -0.05) is 49.1 Å². The lowest BCUT2D eigenvalue weighted by Crippen LogP contribution is -2.58. The molecule has 2 aliphatic heterocycles. The third kappa shape index (κ3) is 3.64. The minimum absolute atomic E-state index is 0.0413. The molecule has 1 aliphatic carbocycles. The first-order valence-electron chi connectivity index (χ1n) is 10.1. The van der Waals surface area contributed by atoms with Crippen molar-refractivity contribution < 1.29 is 14.3 Å². The zero-order chi connectivity index (χ0) is 19.2. The summed E-state index contributed by atoms with van der Waals surface area (Å²) >= 11 is 0. The minimum atomic E-state index is -1.25. The maximum absolute atomic E-state index is 12.8. The van der Waals surface area contributed by atoms with Crippen LogP contribution in [0.5, 0.6) is 0 Å². The second kappa shape index (κ2) is 6.65. The Morgan fingerprint density at radius 3 is 2.30 bits per heavy atom. The molecule has 0 radical (unpaired) electrons. The summed E-state index contributed by atoms with van der Waals surface area (Å²) in [4.78, 5) is 26.1. The average Bonchev–Trinajstić information content (AvgIpc) is 3.02. The fourth-order valence-electron chi connectivity index (χ4n) is 4.72. The number of carbonyl (C=O) groups is 2. The molecule has 2 amide bonds. The summed E-state index contributed by atoms with van der Waals surface area (Å²) in [7, 11) is -1.25. The molecule has 2 heterocycles. The van der Waals surface area contributed by atoms with Gasteiger partial charge in [0.15, 0.2) is 0 Å². The van der Waals surface area contributed by atoms with Crippen molar-refractivity contribution in [3.8, 4) is 0 Å². The topological polar surface area (TPSA) is 58.6 Å². The van der Waals surface area contributed by atoms with E-state index in [1.807, 2.05) is 4.90 Å². The monoisotopic (exact) mass is 386 g/mol. The van der Waals surface area contributed by atoms with E-state index in [4.69, 9.17) is 4.74 Å². The van der Waals surface area contributed by atoms with Gasteiger partial charge in [-0.3, -0.25) is 4.79 Å². The number of hydrogen-bond donors (Lipinski definition) is 1. The highest BCUT2D eigenvalue weighted by Gasteiger charge is 2.53. The van der Waals surface area contributed by atoms with Gasteiger partial charge in [-0.2, -0.15) is 0 Å². The van der Waals surface area contributed by atoms with Crippen LogP contribution in [0, 0.1) is 5.92 Å². The van der Waals surface area contributed by atoms with Crippen LogP contribution in [-0.4, -0.2) is 50.2 Å². The number of likely N-dealkylation sites (tertiary alicyclic amines) is 1. The smallest absolute Gasteiger partial charge is 0.407 e. The highest BCUT2D eigenvalue weighted by molar-refractivity contribution is 6.88. The van der Waals surface area contributed by atoms with Crippen molar-refractivity contribution in [2.75, 3.05) is 19.7 Å². The van der Waals surface area contributed by atoms with Gasteiger partial charge in [0.25, 0.3) is 0 Å². The molecule has 0 bridgehead atoms. The highest BCUT2D eigenvalue weighted by atomic mass is 28.3. The SMILES string of the molecule is C[Si](C)(C)c1ccc(C2CCN(C(=O)C3CC4(COC(=O)N4)C3)CC2)cc1. The standard InChI is InChI=1S/C21H30N2O3Si/c1-27(2,3)18-6-4-15(5-7-18)16-8-10-23(11-9-16)19(24)17-12-21(13-17)14-26-20(25)22-21/h4-7,16-17H,8-14H2,1-3H3,(H,22,25). The summed E-state index contributed by atoms with van der Waals surface area (Å²) < 4.78 is 5.00. The summed E-state index contributed by atoms with van der Waals surface area (Å²) in [6.07, 6.45) is 3.17. The summed E-state index contributed by atoms with van der Waals surface area (Å²) in [6, 6.07) is 9.22. The first-order valence-corrected chi connectivity index (χ1v) is 13.6. The predicted molar refractivity (Wildman–Crippen MR) is 108 cm³/mol. The first kappa shape index (κ1) is 18.5. The van der Waals surface area contributed by atoms with Gasteiger partial charge < -0.3 is 15.0 Å². The van der Waals surface area contributed by atoms with Crippen molar-refractivity contribution >= 4 is 25.3 Å². The van der Waals surface area contributed by atoms with Crippen LogP contribution in [0.4, 0.5) is 4.79 Å². The normalized spacial score (nSPS) is 28.6. The molecule has 0 atom stereocenters. The second-order valence-corrected chi connectivity index (χ2v) is 14.6. The van der Waals surface area contributed by atoms with Crippen LogP contribution in [0.1, 0.15) is 37.2 Å². The molecule has 1 N–H and O–H groups in total. The maximum Gasteiger partial charge on any atom is 0.407 e. The Kier molecular flexibility index (Phi) is 4.57. The van der Waals surface area contributed by atoms with Crippen LogP contribution in [0.15, 0.2) is 24.3 Å². The van der Waals surface area contributed by atoms with Crippen LogP contribution in [0.25, 0.3) is 0 Å². The Bertz CT molecular complexity index is 727. The van der Waals surface area contributed by atoms with Crippen LogP contribution in [0.3, 0.4) is 0 Å². The molecule has 3 fully saturated rings. The van der Waals surface area contributed by atoms with Gasteiger partial charge in [-0.05, 0) is 37.2 Å². The Hall–Kier alpha value is -1.82. The molecular weight excluding hydrogens is 356 g/mol. The van der Waals surface area contributed by atoms with Gasteiger partial charge >= 0.3 is 6.09 Å². The molecule has 0 unspecified atom stereocenters. The highest BCUT2D eigenvalue weighted by Crippen LogP contribution is 2.42. The van der Waals surface area contributed by atoms with Gasteiger partial charge in [0.2, 0.25) is 5.91 Å². The molecule has 27 heavy (non-hydrogen) atoms. The molecule has 6 heteroatoms. The Balaban J connectivity index is 1.29. The summed E-state index contributed by atoms with van der Waals surface area (Å²) in [5, 5.41) is 4.37. The number of cyclic esters (lactones) is 1. The van der Waals surface area contributed by atoms with Crippen molar-refractivity contribution in [3.05, 3.63) is 29.8 Å². The van der Waals surface area contributed by atoms with Gasteiger partial charge in [-0.25, -0.2) is 4.79 Å². The molecule has 0 aromatic heterocycles. The third-order valence-electron chi connectivity index (χ3n) is 6.53. The van der Waals surface area contributed by atoms with Crippen molar-refractivity contribution in [1.29, 1.82) is 0 Å². The van der Waals surface area contributed by atoms with Gasteiger partial charge in [0, 0.05) is 19.0 Å². The fourth-order valence-corrected chi connectivity index (χ4v) is 5.88. The Morgan fingerprint density at radius 2 is 1.78 bits per heavy atom. The number of piperidine rings is 1. The lowest BCUT2D eigenvalue weighted by Gasteiger charge is -2.45. The van der Waals surface area contributed by atoms with Gasteiger partial charge in [0.05, 0.1) is 13.6 Å². The van der Waals surface area contributed by atoms with E-state index in [1.165, 1.54) is 10.8 Å². The second-order valence-electron chi connectivity index (χ2n) is 9.56. The average molecular weight is 387 g/mol. The van der Waals surface area contributed by atoms with Crippen LogP contribution >= 0.6 is 0 Å². The zero-order valence-electron chi connectivity index (χ0n) is 16.6. The van der Waals surface area contributed by atoms with Gasteiger partial charge in [-0.15, -0.1) is 0 Å². The largest absolute Gasteiger partial charge is 0.447 e. The number of rotatable bonds is 3. The Morgan fingerprint density at radius 1 is 1.15 bits per heavy atom. The number of benzene rings is 1. The van der Waals surface area contributed by atoms with Crippen LogP contribution < -0.4 is 10.5 Å². The van der Waals surface area contributed by atoms with Crippen LogP contribution in [-0.2, 0) is 9.53 Å². The molecular formula is C21H30N2O3Si. The number of carbonyl (C=O) groups excluding carboxylic acids is 2. The Labute approximate surface area is 162 Å². The zero-order valence-corrected chi connectivity index (χ0v) is 17.6. The molecule has 2 saturated heterocycles. The van der Waals surface area contributed by atoms with Crippen molar-refractivity contribution in [2.45, 2.75) is 56.8 Å². The maximum atomic E-state index is 12.8.